The van der Waals surface area contributed by atoms with Gasteiger partial charge < -0.3 is 18.4 Å². The maximum Gasteiger partial charge on any atom is 0.193 e. The molecule has 0 radical (unpaired) electrons. The molecule has 4 nitrogen and oxygen atoms in total. The molecule has 0 bridgehead atoms. The molecule has 0 saturated heterocycles. The van der Waals surface area contributed by atoms with E-state index in [1.165, 1.54) is 0 Å². The molecule has 1 N–H and O–H groups in total. The van der Waals surface area contributed by atoms with Crippen molar-refractivity contribution < 1.29 is 18.4 Å². The van der Waals surface area contributed by atoms with Crippen LogP contribution >= 0.6 is 0 Å². The van der Waals surface area contributed by atoms with Gasteiger partial charge in [-0.05, 0) is 72.1 Å². The molecule has 1 aromatic carbocycles. The van der Waals surface area contributed by atoms with Gasteiger partial charge >= 0.3 is 0 Å². The first-order chi connectivity index (χ1) is 18.4. The summed E-state index contributed by atoms with van der Waals surface area (Å²) in [6, 6.07) is 8.15. The van der Waals surface area contributed by atoms with E-state index in [1.807, 2.05) is 24.3 Å². The minimum atomic E-state index is -2.26. The summed E-state index contributed by atoms with van der Waals surface area (Å²) < 4.78 is 20.5. The first-order valence-electron chi connectivity index (χ1n) is 14.9. The Balaban J connectivity index is 2.71. The number of aliphatic hydroxyl groups is 1. The Bertz CT molecular complexity index is 1220. The SMILES string of the molecule is CC(C)(C)[Si](C)(C)OC/C=C1\C#Cc2ccccc2C(O[Si](C)(C)C(C)(C)C)[C@H](O[Si](C)(C)C(C)(C)C)C#CC1O. The Morgan fingerprint density at radius 1 is 0.732 bits per heavy atom. The van der Waals surface area contributed by atoms with E-state index < -0.39 is 43.3 Å². The van der Waals surface area contributed by atoms with Crippen LogP contribution in [0.4, 0.5) is 0 Å². The minimum absolute atomic E-state index is 0.00252. The van der Waals surface area contributed by atoms with E-state index in [4.69, 9.17) is 13.3 Å². The molecule has 228 valence electrons. The smallest absolute Gasteiger partial charge is 0.193 e. The highest BCUT2D eigenvalue weighted by molar-refractivity contribution is 6.75. The van der Waals surface area contributed by atoms with E-state index in [9.17, 15) is 5.11 Å². The van der Waals surface area contributed by atoms with E-state index >= 15 is 0 Å². The zero-order valence-electron chi connectivity index (χ0n) is 28.5. The van der Waals surface area contributed by atoms with Gasteiger partial charge in [0.25, 0.3) is 0 Å². The molecular weight excluding hydrogens is 557 g/mol. The molecule has 1 aromatic rings. The van der Waals surface area contributed by atoms with Gasteiger partial charge in [-0.1, -0.05) is 104 Å². The summed E-state index contributed by atoms with van der Waals surface area (Å²) >= 11 is 0. The number of rotatable bonds is 7. The van der Waals surface area contributed by atoms with Crippen LogP contribution < -0.4 is 0 Å². The summed E-state index contributed by atoms with van der Waals surface area (Å²) in [5.41, 5.74) is 2.41. The molecular formula is C34H56O4Si3. The standard InChI is InChI=1S/C34H56O4Si3/c1-32(2,3)39(10,11)36-25-24-27-21-20-26-18-16-17-19-28(26)31(38-41(14,15)34(7,8)9)30(23-22-29(27)35)37-40(12,13)33(4,5)6/h16-19,24,29-31,35H,25H2,1-15H3/b27-24+/t29?,30-,31?/m1/s1. The second-order valence-corrected chi connectivity index (χ2v) is 30.2. The third-order valence-corrected chi connectivity index (χ3v) is 23.0. The van der Waals surface area contributed by atoms with Gasteiger partial charge in [-0.3, -0.25) is 0 Å². The fourth-order valence-electron chi connectivity index (χ4n) is 3.47. The van der Waals surface area contributed by atoms with Crippen LogP contribution in [0, 0.1) is 23.7 Å². The maximum atomic E-state index is 11.3. The minimum Gasteiger partial charge on any atom is -0.413 e. The predicted molar refractivity (Wildman–Crippen MR) is 181 cm³/mol. The van der Waals surface area contributed by atoms with Crippen LogP contribution in [0.3, 0.4) is 0 Å². The van der Waals surface area contributed by atoms with E-state index in [0.717, 1.165) is 11.1 Å². The van der Waals surface area contributed by atoms with Crippen LogP contribution in [0.25, 0.3) is 0 Å². The van der Waals surface area contributed by atoms with Crippen molar-refractivity contribution in [2.75, 3.05) is 6.61 Å². The first kappa shape index (κ1) is 35.8. The molecule has 2 rings (SSSR count). The molecule has 0 heterocycles. The van der Waals surface area contributed by atoms with Crippen molar-refractivity contribution in [1.29, 1.82) is 0 Å². The first-order valence-corrected chi connectivity index (χ1v) is 23.6. The Morgan fingerprint density at radius 3 is 1.78 bits per heavy atom. The summed E-state index contributed by atoms with van der Waals surface area (Å²) in [5, 5.41) is 11.4. The van der Waals surface area contributed by atoms with Crippen LogP contribution in [0.15, 0.2) is 35.9 Å². The number of aliphatic hydroxyl groups excluding tert-OH is 1. The highest BCUT2D eigenvalue weighted by atomic mass is 28.4. The summed E-state index contributed by atoms with van der Waals surface area (Å²) in [7, 11) is -6.45. The second-order valence-electron chi connectivity index (χ2n) is 15.9. The lowest BCUT2D eigenvalue weighted by Crippen LogP contribution is -2.48. The van der Waals surface area contributed by atoms with Crippen LogP contribution in [0.1, 0.15) is 79.5 Å². The van der Waals surface area contributed by atoms with Gasteiger partial charge in [-0.25, -0.2) is 0 Å². The molecule has 2 unspecified atom stereocenters. The zero-order chi connectivity index (χ0) is 31.7. The third kappa shape index (κ3) is 9.03. The monoisotopic (exact) mass is 612 g/mol. The lowest BCUT2D eigenvalue weighted by Gasteiger charge is -2.44. The zero-order valence-corrected chi connectivity index (χ0v) is 31.5. The van der Waals surface area contributed by atoms with Gasteiger partial charge in [0, 0.05) is 11.1 Å². The van der Waals surface area contributed by atoms with Gasteiger partial charge in [0.2, 0.25) is 0 Å². The van der Waals surface area contributed by atoms with Crippen molar-refractivity contribution in [3.63, 3.8) is 0 Å². The number of benzene rings is 1. The summed E-state index contributed by atoms with van der Waals surface area (Å²) in [6.45, 7) is 33.9. The van der Waals surface area contributed by atoms with Gasteiger partial charge in [0.1, 0.15) is 18.3 Å². The summed E-state index contributed by atoms with van der Waals surface area (Å²) in [6.07, 6.45) is -0.132. The molecule has 0 spiro atoms. The Morgan fingerprint density at radius 2 is 1.24 bits per heavy atom. The molecule has 0 saturated carbocycles. The van der Waals surface area contributed by atoms with Crippen molar-refractivity contribution in [2.45, 2.75) is 135 Å². The largest absolute Gasteiger partial charge is 0.413 e. The van der Waals surface area contributed by atoms with Crippen LogP contribution in [-0.4, -0.2) is 48.9 Å². The van der Waals surface area contributed by atoms with Crippen LogP contribution in [0.5, 0.6) is 0 Å². The van der Waals surface area contributed by atoms with E-state index in [-0.39, 0.29) is 15.1 Å². The third-order valence-electron chi connectivity index (χ3n) is 9.55. The fraction of sp³-hybridized carbons (Fsp3) is 0.647. The van der Waals surface area contributed by atoms with Crippen molar-refractivity contribution in [3.8, 4) is 23.7 Å². The highest BCUT2D eigenvalue weighted by Crippen LogP contribution is 2.44. The van der Waals surface area contributed by atoms with Gasteiger partial charge in [-0.15, -0.1) is 0 Å². The molecule has 0 amide bonds. The molecule has 1 aliphatic carbocycles. The van der Waals surface area contributed by atoms with Crippen LogP contribution in [-0.2, 0) is 13.3 Å². The van der Waals surface area contributed by atoms with Crippen molar-refractivity contribution in [3.05, 3.63) is 47.0 Å². The lowest BCUT2D eigenvalue weighted by molar-refractivity contribution is 0.0680. The van der Waals surface area contributed by atoms with Crippen molar-refractivity contribution in [2.24, 2.45) is 0 Å². The second kappa shape index (κ2) is 12.7. The number of hydrogen-bond donors (Lipinski definition) is 1. The molecule has 41 heavy (non-hydrogen) atoms. The molecule has 3 atom stereocenters. The Labute approximate surface area is 255 Å². The van der Waals surface area contributed by atoms with Crippen LogP contribution in [0.2, 0.25) is 54.4 Å². The maximum absolute atomic E-state index is 11.3. The average Bonchev–Trinajstić information content (AvgIpc) is 2.79. The lowest BCUT2D eigenvalue weighted by atomic mass is 9.97. The Hall–Kier alpha value is -1.43. The molecule has 7 heteroatoms. The summed E-state index contributed by atoms with van der Waals surface area (Å²) in [5.74, 6) is 13.1. The molecule has 0 aliphatic heterocycles. The summed E-state index contributed by atoms with van der Waals surface area (Å²) in [4.78, 5) is 0. The average molecular weight is 613 g/mol. The van der Waals surface area contributed by atoms with Gasteiger partial charge in [0.05, 0.1) is 6.61 Å². The van der Waals surface area contributed by atoms with Crippen molar-refractivity contribution in [1.82, 2.24) is 0 Å². The van der Waals surface area contributed by atoms with Gasteiger partial charge in [-0.2, -0.15) is 0 Å². The van der Waals surface area contributed by atoms with Gasteiger partial charge in [0.15, 0.2) is 25.0 Å². The fourth-order valence-corrected chi connectivity index (χ4v) is 6.81. The number of fused-ring (bicyclic) bond motifs is 1. The molecule has 0 fully saturated rings. The molecule has 1 aliphatic rings. The normalized spacial score (nSPS) is 21.9. The topological polar surface area (TPSA) is 47.9 Å². The number of hydrogen-bond acceptors (Lipinski definition) is 4. The predicted octanol–water partition coefficient (Wildman–Crippen LogP) is 8.82. The molecule has 0 aromatic heterocycles. The van der Waals surface area contributed by atoms with E-state index in [2.05, 4.69) is 131 Å². The Kier molecular flexibility index (Phi) is 11.0. The van der Waals surface area contributed by atoms with E-state index in [0.29, 0.717) is 12.2 Å². The quantitative estimate of drug-likeness (QED) is 0.247. The van der Waals surface area contributed by atoms with E-state index in [1.54, 1.807) is 0 Å². The highest BCUT2D eigenvalue weighted by Gasteiger charge is 2.45. The van der Waals surface area contributed by atoms with Crippen molar-refractivity contribution >= 4 is 25.0 Å².